The van der Waals surface area contributed by atoms with Gasteiger partial charge in [-0.2, -0.15) is 0 Å². The Morgan fingerprint density at radius 2 is 1.82 bits per heavy atom. The van der Waals surface area contributed by atoms with Gasteiger partial charge in [-0.05, 0) is 62.4 Å². The van der Waals surface area contributed by atoms with Gasteiger partial charge in [0.25, 0.3) is 5.56 Å². The van der Waals surface area contributed by atoms with Crippen LogP contribution in [0.5, 0.6) is 0 Å². The lowest BCUT2D eigenvalue weighted by Gasteiger charge is -2.46. The van der Waals surface area contributed by atoms with Gasteiger partial charge in [0.2, 0.25) is 0 Å². The number of rotatable bonds is 5. The van der Waals surface area contributed by atoms with Crippen molar-refractivity contribution in [1.29, 1.82) is 0 Å². The molecule has 0 aromatic carbocycles. The van der Waals surface area contributed by atoms with E-state index in [4.69, 9.17) is 17.8 Å². The van der Waals surface area contributed by atoms with E-state index in [0.29, 0.717) is 12.8 Å². The van der Waals surface area contributed by atoms with Crippen LogP contribution < -0.4 is 11.2 Å². The van der Waals surface area contributed by atoms with Crippen LogP contribution >= 0.6 is 0 Å². The Kier molecular flexibility index (Phi) is 2.18. The van der Waals surface area contributed by atoms with Crippen molar-refractivity contribution >= 4 is 11.2 Å². The summed E-state index contributed by atoms with van der Waals surface area (Å²) in [5.41, 5.74) is -5.48. The fourth-order valence-corrected chi connectivity index (χ4v) is 3.51. The topological polar surface area (TPSA) is 72.7 Å². The molecule has 6 nitrogen and oxygen atoms in total. The van der Waals surface area contributed by atoms with E-state index in [9.17, 15) is 12.3 Å². The average Bonchev–Trinajstić information content (AvgIpc) is 3.35. The quantitative estimate of drug-likeness (QED) is 0.828. The summed E-state index contributed by atoms with van der Waals surface area (Å²) in [6, 6.07) is 0. The lowest BCUT2D eigenvalue weighted by atomic mass is 9.59. The van der Waals surface area contributed by atoms with E-state index < -0.39 is 78.9 Å². The van der Waals surface area contributed by atoms with E-state index in [1.165, 1.54) is 0 Å². The lowest BCUT2D eigenvalue weighted by Crippen LogP contribution is -2.40. The van der Waals surface area contributed by atoms with Crippen molar-refractivity contribution < 1.29 is 20.6 Å². The molecule has 2 aliphatic rings. The molecule has 2 bridgehead atoms. The average molecular weight is 402 g/mol. The van der Waals surface area contributed by atoms with E-state index in [1.807, 2.05) is 0 Å². The maximum absolute atomic E-state index is 13.4. The standard InChI is InChI=1S/C22H34N4O2/c1-5-7-25-18-17(19(27)26(8-6-2)21(25)28)23-20(24-18)22(4)12-15-9-14(3)10-16(11-15)13-22/h14-16H,5-13H2,1-4H3,(H,23,24)/i3D2,9D2,10D2,11D2,12D2,13D2,14D,15D,16D. The van der Waals surface area contributed by atoms with E-state index in [1.54, 1.807) is 13.8 Å². The summed E-state index contributed by atoms with van der Waals surface area (Å²) >= 11 is 0. The van der Waals surface area contributed by atoms with Gasteiger partial charge < -0.3 is 4.98 Å². The molecule has 2 saturated carbocycles. The summed E-state index contributed by atoms with van der Waals surface area (Å²) in [6.07, 6.45) is -19.0. The van der Waals surface area contributed by atoms with Crippen molar-refractivity contribution in [3.05, 3.63) is 26.7 Å². The molecule has 1 N–H and O–H groups in total. The van der Waals surface area contributed by atoms with Crippen LogP contribution in [0.2, 0.25) is 0 Å². The fraction of sp³-hybridized carbons (Fsp3) is 0.773. The molecule has 0 radical (unpaired) electrons. The van der Waals surface area contributed by atoms with Gasteiger partial charge in [-0.25, -0.2) is 9.78 Å². The number of aromatic amines is 1. The van der Waals surface area contributed by atoms with Crippen LogP contribution in [0.15, 0.2) is 9.59 Å². The first kappa shape index (κ1) is 8.49. The van der Waals surface area contributed by atoms with Gasteiger partial charge in [0.1, 0.15) is 11.3 Å². The molecule has 2 fully saturated rings. The van der Waals surface area contributed by atoms with E-state index >= 15 is 0 Å². The highest BCUT2D eigenvalue weighted by atomic mass is 16.2. The predicted octanol–water partition coefficient (Wildman–Crippen LogP) is 3.81. The number of hydrogen-bond donors (Lipinski definition) is 1. The largest absolute Gasteiger partial charge is 0.336 e. The molecule has 2 aromatic rings. The highest BCUT2D eigenvalue weighted by molar-refractivity contribution is 5.70. The molecular formula is C22H34N4O2. The third-order valence-electron chi connectivity index (χ3n) is 4.75. The smallest absolute Gasteiger partial charge is 0.332 e. The third-order valence-corrected chi connectivity index (χ3v) is 4.75. The summed E-state index contributed by atoms with van der Waals surface area (Å²) in [5, 5.41) is 0. The zero-order chi connectivity index (χ0) is 33.4. The van der Waals surface area contributed by atoms with Crippen molar-refractivity contribution in [2.24, 2.45) is 17.7 Å². The maximum atomic E-state index is 13.4. The van der Waals surface area contributed by atoms with Gasteiger partial charge in [0.05, 0.1) is 0 Å². The molecule has 4 rings (SSSR count). The molecular weight excluding hydrogens is 352 g/mol. The van der Waals surface area contributed by atoms with Crippen molar-refractivity contribution in [2.75, 3.05) is 0 Å². The minimum Gasteiger partial charge on any atom is -0.336 e. The summed E-state index contributed by atoms with van der Waals surface area (Å²) < 4.78 is 134. The third kappa shape index (κ3) is 3.15. The van der Waals surface area contributed by atoms with Crippen LogP contribution in [0.4, 0.5) is 0 Å². The molecule has 0 spiro atoms. The lowest BCUT2D eigenvalue weighted by molar-refractivity contribution is 0.0863. The molecule has 2 unspecified atom stereocenters. The van der Waals surface area contributed by atoms with Crippen molar-refractivity contribution in [2.45, 2.75) is 90.9 Å². The number of nitrogens with zero attached hydrogens (tertiary/aromatic N) is 3. The second-order valence-corrected chi connectivity index (χ2v) is 7.09. The Labute approximate surface area is 187 Å². The molecule has 2 aliphatic carbocycles. The number of nitrogens with one attached hydrogen (secondary N) is 1. The Bertz CT molecular complexity index is 1530. The van der Waals surface area contributed by atoms with Gasteiger partial charge in [-0.1, -0.05) is 27.6 Å². The summed E-state index contributed by atoms with van der Waals surface area (Å²) in [7, 11) is 0. The molecule has 0 saturated heterocycles. The zero-order valence-electron chi connectivity index (χ0n) is 31.1. The Hall–Kier alpha value is -1.85. The number of H-pyrrole nitrogens is 1. The maximum Gasteiger partial charge on any atom is 0.332 e. The Morgan fingerprint density at radius 1 is 1.18 bits per heavy atom. The summed E-state index contributed by atoms with van der Waals surface area (Å²) in [5.74, 6) is -12.7. The highest BCUT2D eigenvalue weighted by Gasteiger charge is 2.43. The Morgan fingerprint density at radius 3 is 2.43 bits per heavy atom. The molecule has 0 aliphatic heterocycles. The SMILES string of the molecule is [2H]C([2H])C1([2H])C([2H])([2H])C2([2H])C([2H])([2H])C(C)(c3nc4c([nH]3)c(=O)n(CCC)c(=O)n4CCC)C([2H])([2H])C([2H])(C1([2H])[2H])C2([2H])[2H]. The minimum absolute atomic E-state index is 0.0100. The van der Waals surface area contributed by atoms with E-state index in [0.717, 1.165) is 16.1 Å². The molecule has 2 aromatic heterocycles. The molecule has 154 valence electrons. The monoisotopic (exact) mass is 401 g/mol. The molecule has 2 heterocycles. The fourth-order valence-electron chi connectivity index (χ4n) is 3.51. The van der Waals surface area contributed by atoms with Crippen molar-refractivity contribution in [3.8, 4) is 0 Å². The second-order valence-electron chi connectivity index (χ2n) is 7.09. The Balaban J connectivity index is 2.25. The van der Waals surface area contributed by atoms with Crippen LogP contribution in [0.3, 0.4) is 0 Å². The summed E-state index contributed by atoms with van der Waals surface area (Å²) in [6.45, 7) is 1.36. The number of aryl methyl sites for hydroxylation is 1. The number of aromatic nitrogens is 4. The summed E-state index contributed by atoms with van der Waals surface area (Å²) in [4.78, 5) is 33.3. The van der Waals surface area contributed by atoms with E-state index in [-0.39, 0.29) is 24.3 Å². The van der Waals surface area contributed by atoms with Crippen LogP contribution in [0.25, 0.3) is 11.2 Å². The molecule has 6 heteroatoms. The van der Waals surface area contributed by atoms with Gasteiger partial charge in [0.15, 0.2) is 5.65 Å². The van der Waals surface area contributed by atoms with Crippen molar-refractivity contribution in [3.63, 3.8) is 0 Å². The number of fused-ring (bicyclic) bond motifs is 3. The number of imidazole rings is 1. The number of hydrogen-bond acceptors (Lipinski definition) is 3. The van der Waals surface area contributed by atoms with Crippen LogP contribution in [-0.2, 0) is 18.5 Å². The molecule has 28 heavy (non-hydrogen) atoms. The van der Waals surface area contributed by atoms with Crippen LogP contribution in [0, 0.1) is 17.7 Å². The minimum atomic E-state index is -4.03. The first-order valence-corrected chi connectivity index (χ1v) is 9.34. The highest BCUT2D eigenvalue weighted by Crippen LogP contribution is 2.50. The van der Waals surface area contributed by atoms with Gasteiger partial charge in [-0.3, -0.25) is 13.9 Å². The normalized spacial score (nSPS) is 54.9. The van der Waals surface area contributed by atoms with Gasteiger partial charge in [-0.15, -0.1) is 0 Å². The predicted molar refractivity (Wildman–Crippen MR) is 112 cm³/mol. The molecule has 2 atom stereocenters. The van der Waals surface area contributed by atoms with Gasteiger partial charge in [0, 0.05) is 39.1 Å². The first-order valence-electron chi connectivity index (χ1n) is 17.0. The van der Waals surface area contributed by atoms with E-state index in [2.05, 4.69) is 9.97 Å². The van der Waals surface area contributed by atoms with Crippen LogP contribution in [-0.4, -0.2) is 19.1 Å². The zero-order valence-corrected chi connectivity index (χ0v) is 16.1. The van der Waals surface area contributed by atoms with Crippen LogP contribution in [0.1, 0.15) is 98.7 Å². The van der Waals surface area contributed by atoms with Crippen molar-refractivity contribution in [1.82, 2.24) is 19.1 Å². The second kappa shape index (κ2) is 7.20. The first-order chi connectivity index (χ1) is 19.3. The van der Waals surface area contributed by atoms with Gasteiger partial charge >= 0.3 is 5.69 Å². The molecule has 0 amide bonds.